The van der Waals surface area contributed by atoms with Gasteiger partial charge in [-0.2, -0.15) is 0 Å². The Balaban J connectivity index is 1.76. The molecule has 1 aliphatic heterocycles. The van der Waals surface area contributed by atoms with Gasteiger partial charge in [0.2, 0.25) is 0 Å². The third-order valence-electron chi connectivity index (χ3n) is 3.20. The van der Waals surface area contributed by atoms with Gasteiger partial charge in [-0.25, -0.2) is 4.39 Å². The van der Waals surface area contributed by atoms with Gasteiger partial charge in [-0.3, -0.25) is 4.79 Å². The largest absolute Gasteiger partial charge is 0.461 e. The number of benzene rings is 1. The van der Waals surface area contributed by atoms with Crippen LogP contribution in [-0.4, -0.2) is 19.1 Å². The Bertz CT molecular complexity index is 403. The molecule has 0 spiro atoms. The monoisotopic (exact) mass is 251 g/mol. The highest BCUT2D eigenvalue weighted by molar-refractivity contribution is 5.69. The lowest BCUT2D eigenvalue weighted by molar-refractivity contribution is -0.146. The summed E-state index contributed by atoms with van der Waals surface area (Å²) in [4.78, 5) is 11.6. The van der Waals surface area contributed by atoms with Gasteiger partial charge in [0.05, 0.1) is 0 Å². The SMILES string of the molecule is O=C(CC1CCCNC1)OCc1ccccc1F. The molecule has 1 fully saturated rings. The minimum atomic E-state index is -0.329. The average molecular weight is 251 g/mol. The fourth-order valence-corrected chi connectivity index (χ4v) is 2.17. The number of hydrogen-bond donors (Lipinski definition) is 1. The zero-order valence-electron chi connectivity index (χ0n) is 10.3. The van der Waals surface area contributed by atoms with Crippen molar-refractivity contribution in [3.8, 4) is 0 Å². The number of nitrogens with one attached hydrogen (secondary N) is 1. The van der Waals surface area contributed by atoms with Gasteiger partial charge in [-0.05, 0) is 37.9 Å². The summed E-state index contributed by atoms with van der Waals surface area (Å²) in [5, 5.41) is 3.26. The molecular formula is C14H18FNO2. The molecular weight excluding hydrogens is 233 g/mol. The van der Waals surface area contributed by atoms with Crippen LogP contribution >= 0.6 is 0 Å². The normalized spacial score (nSPS) is 19.5. The lowest BCUT2D eigenvalue weighted by Crippen LogP contribution is -2.31. The highest BCUT2D eigenvalue weighted by atomic mass is 19.1. The van der Waals surface area contributed by atoms with Crippen molar-refractivity contribution < 1.29 is 13.9 Å². The molecule has 0 aliphatic carbocycles. The first-order chi connectivity index (χ1) is 8.75. The van der Waals surface area contributed by atoms with E-state index in [0.29, 0.717) is 17.9 Å². The van der Waals surface area contributed by atoms with E-state index in [9.17, 15) is 9.18 Å². The minimum absolute atomic E-state index is 0.0195. The smallest absolute Gasteiger partial charge is 0.306 e. The molecule has 1 aliphatic rings. The van der Waals surface area contributed by atoms with E-state index in [2.05, 4.69) is 5.32 Å². The van der Waals surface area contributed by atoms with Crippen LogP contribution in [-0.2, 0) is 16.1 Å². The maximum Gasteiger partial charge on any atom is 0.306 e. The number of carbonyl (C=O) groups excluding carboxylic acids is 1. The quantitative estimate of drug-likeness (QED) is 0.834. The Hall–Kier alpha value is -1.42. The number of hydrogen-bond acceptors (Lipinski definition) is 3. The first kappa shape index (κ1) is 13.0. The van der Waals surface area contributed by atoms with Crippen molar-refractivity contribution in [1.29, 1.82) is 0 Å². The van der Waals surface area contributed by atoms with E-state index in [0.717, 1.165) is 25.9 Å². The Morgan fingerprint density at radius 3 is 3.00 bits per heavy atom. The molecule has 4 heteroatoms. The molecule has 1 aromatic rings. The molecule has 0 bridgehead atoms. The van der Waals surface area contributed by atoms with Crippen molar-refractivity contribution in [3.63, 3.8) is 0 Å². The van der Waals surface area contributed by atoms with Gasteiger partial charge < -0.3 is 10.1 Å². The summed E-state index contributed by atoms with van der Waals surface area (Å²) in [7, 11) is 0. The van der Waals surface area contributed by atoms with Crippen LogP contribution in [0.5, 0.6) is 0 Å². The second kappa shape index (κ2) is 6.50. The van der Waals surface area contributed by atoms with Crippen LogP contribution in [0, 0.1) is 11.7 Å². The molecule has 98 valence electrons. The second-order valence-electron chi connectivity index (χ2n) is 4.67. The van der Waals surface area contributed by atoms with Crippen molar-refractivity contribution >= 4 is 5.97 Å². The van der Waals surface area contributed by atoms with Gasteiger partial charge >= 0.3 is 5.97 Å². The lowest BCUT2D eigenvalue weighted by atomic mass is 9.96. The maximum atomic E-state index is 13.3. The minimum Gasteiger partial charge on any atom is -0.461 e. The van der Waals surface area contributed by atoms with E-state index in [1.807, 2.05) is 0 Å². The number of halogens is 1. The van der Waals surface area contributed by atoms with Gasteiger partial charge in [0.1, 0.15) is 12.4 Å². The second-order valence-corrected chi connectivity index (χ2v) is 4.67. The highest BCUT2D eigenvalue weighted by Crippen LogP contribution is 2.15. The van der Waals surface area contributed by atoms with E-state index < -0.39 is 0 Å². The molecule has 1 atom stereocenters. The fourth-order valence-electron chi connectivity index (χ4n) is 2.17. The summed E-state index contributed by atoms with van der Waals surface area (Å²) in [6.07, 6.45) is 2.58. The van der Waals surface area contributed by atoms with Gasteiger partial charge in [0.15, 0.2) is 0 Å². The zero-order valence-corrected chi connectivity index (χ0v) is 10.3. The molecule has 1 heterocycles. The Morgan fingerprint density at radius 2 is 2.28 bits per heavy atom. The molecule has 2 rings (SSSR count). The predicted octanol–water partition coefficient (Wildman–Crippen LogP) is 2.26. The molecule has 18 heavy (non-hydrogen) atoms. The van der Waals surface area contributed by atoms with Crippen LogP contribution < -0.4 is 5.32 Å². The van der Waals surface area contributed by atoms with E-state index >= 15 is 0 Å². The van der Waals surface area contributed by atoms with Gasteiger partial charge in [0.25, 0.3) is 0 Å². The number of ether oxygens (including phenoxy) is 1. The molecule has 1 unspecified atom stereocenters. The van der Waals surface area contributed by atoms with Crippen molar-refractivity contribution in [3.05, 3.63) is 35.6 Å². The van der Waals surface area contributed by atoms with Crippen molar-refractivity contribution in [2.45, 2.75) is 25.9 Å². The van der Waals surface area contributed by atoms with E-state index in [4.69, 9.17) is 4.74 Å². The number of carbonyl (C=O) groups is 1. The Morgan fingerprint density at radius 1 is 1.44 bits per heavy atom. The first-order valence-corrected chi connectivity index (χ1v) is 6.35. The van der Waals surface area contributed by atoms with Crippen molar-refractivity contribution in [2.24, 2.45) is 5.92 Å². The molecule has 1 aromatic carbocycles. The van der Waals surface area contributed by atoms with Crippen LogP contribution in [0.15, 0.2) is 24.3 Å². The number of esters is 1. The molecule has 0 radical (unpaired) electrons. The molecule has 1 N–H and O–H groups in total. The molecule has 3 nitrogen and oxygen atoms in total. The van der Waals surface area contributed by atoms with Crippen LogP contribution in [0.3, 0.4) is 0 Å². The highest BCUT2D eigenvalue weighted by Gasteiger charge is 2.17. The van der Waals surface area contributed by atoms with Crippen LogP contribution in [0.25, 0.3) is 0 Å². The van der Waals surface area contributed by atoms with E-state index in [1.54, 1.807) is 18.2 Å². The van der Waals surface area contributed by atoms with Crippen LogP contribution in [0.2, 0.25) is 0 Å². The van der Waals surface area contributed by atoms with E-state index in [-0.39, 0.29) is 18.4 Å². The molecule has 0 aromatic heterocycles. The van der Waals surface area contributed by atoms with Gasteiger partial charge in [-0.1, -0.05) is 18.2 Å². The first-order valence-electron chi connectivity index (χ1n) is 6.35. The Labute approximate surface area is 106 Å². The third-order valence-corrected chi connectivity index (χ3v) is 3.20. The van der Waals surface area contributed by atoms with Crippen LogP contribution in [0.1, 0.15) is 24.8 Å². The third kappa shape index (κ3) is 3.81. The summed E-state index contributed by atoms with van der Waals surface area (Å²) < 4.78 is 18.4. The van der Waals surface area contributed by atoms with Gasteiger partial charge in [-0.15, -0.1) is 0 Å². The molecule has 0 amide bonds. The van der Waals surface area contributed by atoms with E-state index in [1.165, 1.54) is 6.07 Å². The average Bonchev–Trinajstić information content (AvgIpc) is 2.39. The van der Waals surface area contributed by atoms with Crippen LogP contribution in [0.4, 0.5) is 4.39 Å². The summed E-state index contributed by atoms with van der Waals surface area (Å²) in [6, 6.07) is 6.35. The van der Waals surface area contributed by atoms with Crippen molar-refractivity contribution in [2.75, 3.05) is 13.1 Å². The van der Waals surface area contributed by atoms with Crippen molar-refractivity contribution in [1.82, 2.24) is 5.32 Å². The number of piperidine rings is 1. The summed E-state index contributed by atoms with van der Waals surface area (Å²) >= 11 is 0. The Kier molecular flexibility index (Phi) is 4.70. The predicted molar refractivity (Wildman–Crippen MR) is 66.4 cm³/mol. The maximum absolute atomic E-state index is 13.3. The lowest BCUT2D eigenvalue weighted by Gasteiger charge is -2.21. The molecule has 1 saturated heterocycles. The summed E-state index contributed by atoms with van der Waals surface area (Å²) in [5.74, 6) is -0.219. The number of rotatable bonds is 4. The standard InChI is InChI=1S/C14H18FNO2/c15-13-6-2-1-5-12(13)10-18-14(17)8-11-4-3-7-16-9-11/h1-2,5-6,11,16H,3-4,7-10H2. The summed E-state index contributed by atoms with van der Waals surface area (Å²) in [6.45, 7) is 1.92. The fraction of sp³-hybridized carbons (Fsp3) is 0.500. The summed E-state index contributed by atoms with van der Waals surface area (Å²) in [5.41, 5.74) is 0.424. The molecule has 0 saturated carbocycles. The van der Waals surface area contributed by atoms with Gasteiger partial charge in [0, 0.05) is 12.0 Å². The zero-order chi connectivity index (χ0) is 12.8. The topological polar surface area (TPSA) is 38.3 Å².